The number of hydrogen-bond donors (Lipinski definition) is 0. The summed E-state index contributed by atoms with van der Waals surface area (Å²) in [7, 11) is -4.00. The normalized spacial score (nSPS) is 14.9. The highest BCUT2D eigenvalue weighted by molar-refractivity contribution is 7.96. The summed E-state index contributed by atoms with van der Waals surface area (Å²) >= 11 is 12.3. The zero-order valence-corrected chi connectivity index (χ0v) is 17.6. The van der Waals surface area contributed by atoms with Crippen molar-refractivity contribution in [3.63, 3.8) is 0 Å². The Hall–Kier alpha value is -2.60. The van der Waals surface area contributed by atoms with Crippen LogP contribution in [0.4, 0.5) is 11.4 Å². The molecule has 4 nitrogen and oxygen atoms in total. The summed E-state index contributed by atoms with van der Waals surface area (Å²) in [6.45, 7) is 1.89. The van der Waals surface area contributed by atoms with Crippen LogP contribution in [0.1, 0.15) is 15.9 Å². The van der Waals surface area contributed by atoms with Crippen molar-refractivity contribution in [2.45, 2.75) is 11.8 Å². The van der Waals surface area contributed by atoms with E-state index in [1.807, 2.05) is 6.92 Å². The van der Waals surface area contributed by atoms with E-state index in [-0.39, 0.29) is 9.80 Å². The third-order valence-corrected chi connectivity index (χ3v) is 6.84. The van der Waals surface area contributed by atoms with Crippen molar-refractivity contribution in [2.24, 2.45) is 0 Å². The molecule has 0 N–H and O–H groups in total. The first-order chi connectivity index (χ1) is 13.8. The zero-order chi connectivity index (χ0) is 20.8. The second kappa shape index (κ2) is 7.34. The van der Waals surface area contributed by atoms with E-state index < -0.39 is 15.6 Å². The Balaban J connectivity index is 1.93. The summed E-state index contributed by atoms with van der Waals surface area (Å²) in [6, 6.07) is 18.2. The number of anilines is 2. The average molecular weight is 444 g/mol. The monoisotopic (exact) mass is 443 g/mol. The standard InChI is InChI=1S/C22H15Cl2NO3S/c1-14-6-8-15(9-7-14)22(26)21-13-25(18-11-16(23)10-17(24)12-18)19-4-2-3-5-20(19)29(21,27)28/h2-13H,1H3. The Bertz CT molecular complexity index is 1250. The summed E-state index contributed by atoms with van der Waals surface area (Å²) in [6.07, 6.45) is 1.34. The maximum absolute atomic E-state index is 13.2. The third-order valence-electron chi connectivity index (χ3n) is 4.61. The molecule has 0 fully saturated rings. The fourth-order valence-electron chi connectivity index (χ4n) is 3.18. The molecule has 0 saturated heterocycles. The second-order valence-corrected chi connectivity index (χ2v) is 9.42. The fraction of sp³-hybridized carbons (Fsp3) is 0.0455. The number of carbonyl (C=O) groups excluding carboxylic acids is 1. The molecule has 0 radical (unpaired) electrons. The van der Waals surface area contributed by atoms with Crippen LogP contribution in [0.3, 0.4) is 0 Å². The second-order valence-electron chi connectivity index (χ2n) is 6.66. The Labute approximate surface area is 178 Å². The maximum atomic E-state index is 13.2. The molecule has 1 aliphatic rings. The molecule has 0 aromatic heterocycles. The highest BCUT2D eigenvalue weighted by Gasteiger charge is 2.36. The van der Waals surface area contributed by atoms with E-state index in [9.17, 15) is 13.2 Å². The summed E-state index contributed by atoms with van der Waals surface area (Å²) in [5, 5.41) is 0.802. The van der Waals surface area contributed by atoms with Gasteiger partial charge >= 0.3 is 0 Å². The van der Waals surface area contributed by atoms with Crippen molar-refractivity contribution in [1.82, 2.24) is 0 Å². The van der Waals surface area contributed by atoms with Crippen LogP contribution in [0.5, 0.6) is 0 Å². The number of ketones is 1. The van der Waals surface area contributed by atoms with Crippen LogP contribution in [0.2, 0.25) is 10.0 Å². The van der Waals surface area contributed by atoms with Crippen LogP contribution in [0.15, 0.2) is 82.7 Å². The first-order valence-electron chi connectivity index (χ1n) is 8.70. The molecule has 0 aliphatic carbocycles. The van der Waals surface area contributed by atoms with Crippen molar-refractivity contribution in [3.8, 4) is 0 Å². The number of Topliss-reactive ketones (excluding diaryl/α,β-unsaturated/α-hetero) is 1. The summed E-state index contributed by atoms with van der Waals surface area (Å²) in [5.74, 6) is -0.572. The molecule has 4 rings (SSSR count). The van der Waals surface area contributed by atoms with E-state index in [0.29, 0.717) is 27.0 Å². The lowest BCUT2D eigenvalue weighted by molar-refractivity contribution is 0.104. The first kappa shape index (κ1) is 19.7. The molecule has 7 heteroatoms. The highest BCUT2D eigenvalue weighted by Crippen LogP contribution is 2.41. The van der Waals surface area contributed by atoms with Gasteiger partial charge in [-0.25, -0.2) is 8.42 Å². The molecule has 0 spiro atoms. The van der Waals surface area contributed by atoms with E-state index >= 15 is 0 Å². The van der Waals surface area contributed by atoms with Gasteiger partial charge in [0.25, 0.3) is 0 Å². The van der Waals surface area contributed by atoms with E-state index in [1.165, 1.54) is 12.3 Å². The largest absolute Gasteiger partial charge is 0.314 e. The number of rotatable bonds is 3. The van der Waals surface area contributed by atoms with Crippen molar-refractivity contribution < 1.29 is 13.2 Å². The molecule has 0 saturated carbocycles. The number of fused-ring (bicyclic) bond motifs is 1. The smallest absolute Gasteiger partial charge is 0.214 e. The Morgan fingerprint density at radius 1 is 0.897 bits per heavy atom. The Morgan fingerprint density at radius 3 is 2.17 bits per heavy atom. The summed E-state index contributed by atoms with van der Waals surface area (Å²) in [5.41, 5.74) is 2.25. The van der Waals surface area contributed by atoms with Gasteiger partial charge in [0.1, 0.15) is 4.91 Å². The molecule has 146 valence electrons. The lowest BCUT2D eigenvalue weighted by Crippen LogP contribution is -2.25. The fourth-order valence-corrected chi connectivity index (χ4v) is 5.23. The molecule has 3 aromatic carbocycles. The lowest BCUT2D eigenvalue weighted by Gasteiger charge is -2.29. The predicted molar refractivity (Wildman–Crippen MR) is 116 cm³/mol. The van der Waals surface area contributed by atoms with Gasteiger partial charge in [-0.2, -0.15) is 0 Å². The average Bonchev–Trinajstić information content (AvgIpc) is 2.67. The molecule has 3 aromatic rings. The number of para-hydroxylation sites is 1. The van der Waals surface area contributed by atoms with Gasteiger partial charge in [0.05, 0.1) is 10.6 Å². The SMILES string of the molecule is Cc1ccc(C(=O)C2=CN(c3cc(Cl)cc(Cl)c3)c3ccccc3S2(=O)=O)cc1. The quantitative estimate of drug-likeness (QED) is 0.469. The van der Waals surface area contributed by atoms with Gasteiger partial charge in [0.15, 0.2) is 0 Å². The molecular formula is C22H15Cl2NO3S. The van der Waals surface area contributed by atoms with E-state index in [2.05, 4.69) is 0 Å². The zero-order valence-electron chi connectivity index (χ0n) is 15.3. The minimum Gasteiger partial charge on any atom is -0.314 e. The van der Waals surface area contributed by atoms with E-state index in [1.54, 1.807) is 65.6 Å². The first-order valence-corrected chi connectivity index (χ1v) is 10.9. The Kier molecular flexibility index (Phi) is 4.99. The summed E-state index contributed by atoms with van der Waals surface area (Å²) in [4.78, 5) is 14.5. The molecule has 1 aliphatic heterocycles. The number of allylic oxidation sites excluding steroid dienone is 1. The molecule has 29 heavy (non-hydrogen) atoms. The molecule has 0 amide bonds. The molecule has 1 heterocycles. The number of sulfone groups is 1. The van der Waals surface area contributed by atoms with Gasteiger partial charge in [-0.15, -0.1) is 0 Å². The van der Waals surface area contributed by atoms with Crippen molar-refractivity contribution >= 4 is 50.2 Å². The van der Waals surface area contributed by atoms with Crippen LogP contribution in [-0.4, -0.2) is 14.2 Å². The molecular weight excluding hydrogens is 429 g/mol. The highest BCUT2D eigenvalue weighted by atomic mass is 35.5. The maximum Gasteiger partial charge on any atom is 0.214 e. The molecule has 0 bridgehead atoms. The van der Waals surface area contributed by atoms with Gasteiger partial charge in [0.2, 0.25) is 15.6 Å². The minimum atomic E-state index is -4.00. The van der Waals surface area contributed by atoms with Gasteiger partial charge in [-0.3, -0.25) is 4.79 Å². The van der Waals surface area contributed by atoms with Gasteiger partial charge in [-0.1, -0.05) is 65.2 Å². The van der Waals surface area contributed by atoms with Crippen molar-refractivity contribution in [2.75, 3.05) is 4.90 Å². The van der Waals surface area contributed by atoms with Gasteiger partial charge < -0.3 is 4.90 Å². The van der Waals surface area contributed by atoms with Crippen molar-refractivity contribution in [3.05, 3.63) is 99.0 Å². The van der Waals surface area contributed by atoms with Crippen LogP contribution in [0, 0.1) is 6.92 Å². The van der Waals surface area contributed by atoms with E-state index in [0.717, 1.165) is 5.56 Å². The lowest BCUT2D eigenvalue weighted by atomic mass is 10.1. The number of benzene rings is 3. The van der Waals surface area contributed by atoms with Crippen molar-refractivity contribution in [1.29, 1.82) is 0 Å². The van der Waals surface area contributed by atoms with Gasteiger partial charge in [-0.05, 0) is 37.3 Å². The van der Waals surface area contributed by atoms with Crippen LogP contribution >= 0.6 is 23.2 Å². The summed E-state index contributed by atoms with van der Waals surface area (Å²) < 4.78 is 26.5. The van der Waals surface area contributed by atoms with Crippen LogP contribution in [-0.2, 0) is 9.84 Å². The number of aryl methyl sites for hydroxylation is 1. The van der Waals surface area contributed by atoms with Crippen LogP contribution < -0.4 is 4.90 Å². The number of hydrogen-bond acceptors (Lipinski definition) is 4. The Morgan fingerprint density at radius 2 is 1.52 bits per heavy atom. The molecule has 0 unspecified atom stereocenters. The predicted octanol–water partition coefficient (Wildman–Crippen LogP) is 5.95. The third kappa shape index (κ3) is 3.57. The minimum absolute atomic E-state index is 0.0501. The number of carbonyl (C=O) groups is 1. The van der Waals surface area contributed by atoms with Gasteiger partial charge in [0, 0.05) is 27.5 Å². The number of nitrogens with zero attached hydrogens (tertiary/aromatic N) is 1. The number of halogens is 2. The topological polar surface area (TPSA) is 54.5 Å². The molecule has 0 atom stereocenters. The van der Waals surface area contributed by atoms with Crippen LogP contribution in [0.25, 0.3) is 0 Å². The van der Waals surface area contributed by atoms with E-state index in [4.69, 9.17) is 23.2 Å².